The van der Waals surface area contributed by atoms with Crippen LogP contribution in [0, 0.1) is 0 Å². The van der Waals surface area contributed by atoms with E-state index in [9.17, 15) is 0 Å². The van der Waals surface area contributed by atoms with Crippen LogP contribution in [0.2, 0.25) is 0 Å². The van der Waals surface area contributed by atoms with E-state index in [2.05, 4.69) is 16.9 Å². The predicted molar refractivity (Wildman–Crippen MR) is 59.2 cm³/mol. The quantitative estimate of drug-likeness (QED) is 0.770. The number of aromatic nitrogens is 1. The molecule has 1 atom stereocenters. The molecule has 3 nitrogen and oxygen atoms in total. The third-order valence-electron chi connectivity index (χ3n) is 2.22. The molecule has 0 aromatic carbocycles. The van der Waals surface area contributed by atoms with E-state index in [0.717, 1.165) is 17.3 Å². The van der Waals surface area contributed by atoms with Crippen LogP contribution in [-0.2, 0) is 0 Å². The van der Waals surface area contributed by atoms with Gasteiger partial charge in [0.1, 0.15) is 10.8 Å². The van der Waals surface area contributed by atoms with Crippen LogP contribution in [0.1, 0.15) is 11.0 Å². The van der Waals surface area contributed by atoms with E-state index in [1.165, 1.54) is 5.75 Å². The highest BCUT2D eigenvalue weighted by Crippen LogP contribution is 2.30. The molecule has 72 valence electrons. The maximum atomic E-state index is 5.60. The topological polar surface area (TPSA) is 42.2 Å². The zero-order valence-electron chi connectivity index (χ0n) is 7.56. The van der Waals surface area contributed by atoms with Crippen LogP contribution < -0.4 is 5.73 Å². The summed E-state index contributed by atoms with van der Waals surface area (Å²) >= 11 is 3.66. The Morgan fingerprint density at radius 3 is 3.15 bits per heavy atom. The summed E-state index contributed by atoms with van der Waals surface area (Å²) in [6.07, 6.45) is 0. The molecule has 2 N–H and O–H groups in total. The Bertz CT molecular complexity index is 287. The summed E-state index contributed by atoms with van der Waals surface area (Å²) in [5.74, 6) is 3.03. The van der Waals surface area contributed by atoms with Crippen molar-refractivity contribution in [3.05, 3.63) is 10.4 Å². The van der Waals surface area contributed by atoms with Gasteiger partial charge in [-0.1, -0.05) is 0 Å². The maximum Gasteiger partial charge on any atom is 0.134 e. The normalized spacial score (nSPS) is 24.8. The van der Waals surface area contributed by atoms with Crippen LogP contribution in [0.15, 0.2) is 5.38 Å². The van der Waals surface area contributed by atoms with Crippen molar-refractivity contribution < 1.29 is 0 Å². The van der Waals surface area contributed by atoms with Gasteiger partial charge in [0.15, 0.2) is 0 Å². The summed E-state index contributed by atoms with van der Waals surface area (Å²) in [5, 5.41) is 3.08. The van der Waals surface area contributed by atoms with Crippen LogP contribution in [0.25, 0.3) is 0 Å². The van der Waals surface area contributed by atoms with Crippen molar-refractivity contribution in [2.75, 3.05) is 30.8 Å². The minimum atomic E-state index is 0.473. The zero-order chi connectivity index (χ0) is 9.26. The highest BCUT2D eigenvalue weighted by atomic mass is 32.2. The van der Waals surface area contributed by atoms with E-state index in [4.69, 9.17) is 5.73 Å². The van der Waals surface area contributed by atoms with Crippen molar-refractivity contribution in [3.8, 4) is 0 Å². The first-order valence-electron chi connectivity index (χ1n) is 4.26. The number of hydrogen-bond donors (Lipinski definition) is 1. The van der Waals surface area contributed by atoms with Gasteiger partial charge in [0, 0.05) is 23.4 Å². The predicted octanol–water partition coefficient (Wildman–Crippen LogP) is 1.45. The number of thiazole rings is 1. The number of nitrogen functional groups attached to an aromatic ring is 1. The highest BCUT2D eigenvalue weighted by Gasteiger charge is 2.23. The van der Waals surface area contributed by atoms with Crippen LogP contribution >= 0.6 is 23.1 Å². The molecular weight excluding hydrogens is 202 g/mol. The molecule has 1 aliphatic heterocycles. The maximum absolute atomic E-state index is 5.60. The Balaban J connectivity index is 2.14. The van der Waals surface area contributed by atoms with Crippen LogP contribution in [0.5, 0.6) is 0 Å². The molecule has 1 saturated heterocycles. The molecule has 1 aliphatic rings. The average Bonchev–Trinajstić information content (AvgIpc) is 2.53. The van der Waals surface area contributed by atoms with Gasteiger partial charge >= 0.3 is 0 Å². The van der Waals surface area contributed by atoms with E-state index in [1.54, 1.807) is 11.3 Å². The number of hydrogen-bond acceptors (Lipinski definition) is 5. The fraction of sp³-hybridized carbons (Fsp3) is 0.625. The van der Waals surface area contributed by atoms with Crippen LogP contribution in [0.3, 0.4) is 0 Å². The molecule has 1 fully saturated rings. The summed E-state index contributed by atoms with van der Waals surface area (Å²) in [4.78, 5) is 6.68. The van der Waals surface area contributed by atoms with E-state index in [0.29, 0.717) is 11.9 Å². The van der Waals surface area contributed by atoms with Crippen LogP contribution in [-0.4, -0.2) is 35.0 Å². The molecule has 0 saturated carbocycles. The summed E-state index contributed by atoms with van der Waals surface area (Å²) in [6.45, 7) is 1.15. The Morgan fingerprint density at radius 1 is 1.69 bits per heavy atom. The van der Waals surface area contributed by atoms with Gasteiger partial charge in [-0.2, -0.15) is 11.8 Å². The summed E-state index contributed by atoms with van der Waals surface area (Å²) in [6, 6.07) is 0.473. The van der Waals surface area contributed by atoms with E-state index in [-0.39, 0.29) is 0 Å². The molecule has 1 unspecified atom stereocenters. The number of anilines is 1. The Labute approximate surface area is 86.3 Å². The van der Waals surface area contributed by atoms with Crippen LogP contribution in [0.4, 0.5) is 5.82 Å². The molecule has 5 heteroatoms. The molecule has 13 heavy (non-hydrogen) atoms. The number of nitrogens with zero attached hydrogens (tertiary/aromatic N) is 2. The standard InChI is InChI=1S/C8H13N3S2/c1-11-2-3-12-4-6(11)8-10-7(9)5-13-8/h5-6H,2-4,9H2,1H3. The van der Waals surface area contributed by atoms with Gasteiger partial charge in [-0.25, -0.2) is 4.98 Å². The Kier molecular flexibility index (Phi) is 2.76. The highest BCUT2D eigenvalue weighted by molar-refractivity contribution is 7.99. The van der Waals surface area contributed by atoms with Crippen molar-refractivity contribution in [3.63, 3.8) is 0 Å². The van der Waals surface area contributed by atoms with Crippen molar-refractivity contribution in [2.24, 2.45) is 0 Å². The first kappa shape index (κ1) is 9.30. The lowest BCUT2D eigenvalue weighted by Crippen LogP contribution is -2.32. The molecular formula is C8H13N3S2. The largest absolute Gasteiger partial charge is 0.383 e. The summed E-state index contributed by atoms with van der Waals surface area (Å²) in [5.41, 5.74) is 5.60. The lowest BCUT2D eigenvalue weighted by atomic mass is 10.3. The smallest absolute Gasteiger partial charge is 0.134 e. The first-order valence-corrected chi connectivity index (χ1v) is 6.29. The van der Waals surface area contributed by atoms with Gasteiger partial charge in [-0.05, 0) is 7.05 Å². The van der Waals surface area contributed by atoms with Crippen molar-refractivity contribution in [1.29, 1.82) is 0 Å². The number of rotatable bonds is 1. The molecule has 0 amide bonds. The van der Waals surface area contributed by atoms with Gasteiger partial charge < -0.3 is 5.73 Å². The van der Waals surface area contributed by atoms with Gasteiger partial charge in [0.25, 0.3) is 0 Å². The average molecular weight is 215 g/mol. The molecule has 1 aromatic heterocycles. The SMILES string of the molecule is CN1CCSCC1c1nc(N)cs1. The molecule has 2 rings (SSSR count). The van der Waals surface area contributed by atoms with E-state index >= 15 is 0 Å². The van der Waals surface area contributed by atoms with Gasteiger partial charge in [-0.3, -0.25) is 4.90 Å². The van der Waals surface area contributed by atoms with Crippen molar-refractivity contribution in [1.82, 2.24) is 9.88 Å². The molecule has 1 aromatic rings. The van der Waals surface area contributed by atoms with Gasteiger partial charge in [0.05, 0.1) is 6.04 Å². The molecule has 2 heterocycles. The summed E-state index contributed by atoms with van der Waals surface area (Å²) in [7, 11) is 2.15. The molecule has 0 radical (unpaired) electrons. The fourth-order valence-corrected chi connectivity index (χ4v) is 3.60. The second-order valence-corrected chi connectivity index (χ2v) is 5.22. The lowest BCUT2D eigenvalue weighted by Gasteiger charge is -2.30. The minimum Gasteiger partial charge on any atom is -0.383 e. The fourth-order valence-electron chi connectivity index (χ4n) is 1.40. The second-order valence-electron chi connectivity index (χ2n) is 3.18. The Hall–Kier alpha value is -0.260. The molecule has 0 spiro atoms. The minimum absolute atomic E-state index is 0.473. The van der Waals surface area contributed by atoms with E-state index < -0.39 is 0 Å². The third kappa shape index (κ3) is 1.98. The Morgan fingerprint density at radius 2 is 2.54 bits per heavy atom. The lowest BCUT2D eigenvalue weighted by molar-refractivity contribution is 0.274. The third-order valence-corrected chi connectivity index (χ3v) is 4.21. The molecule has 0 bridgehead atoms. The molecule has 0 aliphatic carbocycles. The van der Waals surface area contributed by atoms with E-state index in [1.807, 2.05) is 17.1 Å². The van der Waals surface area contributed by atoms with Crippen molar-refractivity contribution in [2.45, 2.75) is 6.04 Å². The monoisotopic (exact) mass is 215 g/mol. The van der Waals surface area contributed by atoms with Gasteiger partial charge in [-0.15, -0.1) is 11.3 Å². The first-order chi connectivity index (χ1) is 6.27. The zero-order valence-corrected chi connectivity index (χ0v) is 9.20. The van der Waals surface area contributed by atoms with Crippen molar-refractivity contribution >= 4 is 28.9 Å². The van der Waals surface area contributed by atoms with Gasteiger partial charge in [0.2, 0.25) is 0 Å². The number of nitrogens with two attached hydrogens (primary N) is 1. The summed E-state index contributed by atoms with van der Waals surface area (Å²) < 4.78 is 0. The number of thioether (sulfide) groups is 1. The second kappa shape index (κ2) is 3.86.